The number of amides is 1. The standard InChI is InChI=1S/C19H24N2O/c1-4-16-9-6-8-15(3)19(16)21-18(22)11-12-20-17-10-5-7-14(2)13-17/h5-10,13,20H,4,11-12H2,1-3H3,(H,21,22). The van der Waals surface area contributed by atoms with Gasteiger partial charge in [0.2, 0.25) is 5.91 Å². The molecule has 0 unspecified atom stereocenters. The van der Waals surface area contributed by atoms with Crippen molar-refractivity contribution in [2.75, 3.05) is 17.2 Å². The third-order valence-electron chi connectivity index (χ3n) is 3.70. The van der Waals surface area contributed by atoms with Crippen molar-refractivity contribution in [1.29, 1.82) is 0 Å². The van der Waals surface area contributed by atoms with Crippen molar-refractivity contribution in [2.45, 2.75) is 33.6 Å². The van der Waals surface area contributed by atoms with E-state index in [0.29, 0.717) is 13.0 Å². The van der Waals surface area contributed by atoms with E-state index in [1.165, 1.54) is 11.1 Å². The van der Waals surface area contributed by atoms with Crippen molar-refractivity contribution >= 4 is 17.3 Å². The minimum absolute atomic E-state index is 0.0455. The van der Waals surface area contributed by atoms with E-state index in [9.17, 15) is 4.79 Å². The van der Waals surface area contributed by atoms with Crippen LogP contribution in [0.25, 0.3) is 0 Å². The van der Waals surface area contributed by atoms with Crippen LogP contribution in [0, 0.1) is 13.8 Å². The third kappa shape index (κ3) is 4.35. The lowest BCUT2D eigenvalue weighted by atomic mass is 10.1. The smallest absolute Gasteiger partial charge is 0.226 e. The van der Waals surface area contributed by atoms with Gasteiger partial charge in [-0.2, -0.15) is 0 Å². The van der Waals surface area contributed by atoms with Gasteiger partial charge in [0.05, 0.1) is 0 Å². The van der Waals surface area contributed by atoms with Crippen LogP contribution in [-0.4, -0.2) is 12.5 Å². The molecule has 0 atom stereocenters. The summed E-state index contributed by atoms with van der Waals surface area (Å²) in [7, 11) is 0. The molecule has 3 nitrogen and oxygen atoms in total. The maximum atomic E-state index is 12.1. The van der Waals surface area contributed by atoms with Crippen LogP contribution in [-0.2, 0) is 11.2 Å². The summed E-state index contributed by atoms with van der Waals surface area (Å²) >= 11 is 0. The first-order valence-corrected chi connectivity index (χ1v) is 7.79. The quantitative estimate of drug-likeness (QED) is 0.834. The molecule has 0 spiro atoms. The Bertz CT molecular complexity index is 650. The molecule has 3 heteroatoms. The molecule has 0 heterocycles. The van der Waals surface area contributed by atoms with Gasteiger partial charge in [-0.25, -0.2) is 0 Å². The molecule has 2 rings (SSSR count). The van der Waals surface area contributed by atoms with Gasteiger partial charge in [0, 0.05) is 24.3 Å². The number of carbonyl (C=O) groups excluding carboxylic acids is 1. The van der Waals surface area contributed by atoms with Crippen molar-refractivity contribution in [3.63, 3.8) is 0 Å². The number of benzene rings is 2. The van der Waals surface area contributed by atoms with Crippen LogP contribution >= 0.6 is 0 Å². The SMILES string of the molecule is CCc1cccc(C)c1NC(=O)CCNc1cccc(C)c1. The molecule has 0 radical (unpaired) electrons. The van der Waals surface area contributed by atoms with Crippen molar-refractivity contribution in [3.8, 4) is 0 Å². The lowest BCUT2D eigenvalue weighted by Crippen LogP contribution is -2.17. The van der Waals surface area contributed by atoms with Crippen LogP contribution < -0.4 is 10.6 Å². The van der Waals surface area contributed by atoms with Gasteiger partial charge >= 0.3 is 0 Å². The Hall–Kier alpha value is -2.29. The highest BCUT2D eigenvalue weighted by atomic mass is 16.1. The number of carbonyl (C=O) groups is 1. The fraction of sp³-hybridized carbons (Fsp3) is 0.316. The average Bonchev–Trinajstić information content (AvgIpc) is 2.49. The minimum atomic E-state index is 0.0455. The highest BCUT2D eigenvalue weighted by Gasteiger charge is 2.08. The first kappa shape index (κ1) is 16.1. The second-order valence-corrected chi connectivity index (χ2v) is 5.56. The van der Waals surface area contributed by atoms with Gasteiger partial charge in [-0.1, -0.05) is 37.3 Å². The molecule has 2 N–H and O–H groups in total. The van der Waals surface area contributed by atoms with E-state index in [0.717, 1.165) is 23.4 Å². The lowest BCUT2D eigenvalue weighted by Gasteiger charge is -2.13. The first-order valence-electron chi connectivity index (χ1n) is 7.79. The van der Waals surface area contributed by atoms with Gasteiger partial charge in [0.15, 0.2) is 0 Å². The number of hydrogen-bond donors (Lipinski definition) is 2. The van der Waals surface area contributed by atoms with Crippen LogP contribution in [0.5, 0.6) is 0 Å². The van der Waals surface area contributed by atoms with Gasteiger partial charge in [0.25, 0.3) is 0 Å². The molecular formula is C19H24N2O. The number of anilines is 2. The Kier molecular flexibility index (Phi) is 5.59. The normalized spacial score (nSPS) is 10.3. The molecule has 2 aromatic rings. The van der Waals surface area contributed by atoms with E-state index < -0.39 is 0 Å². The fourth-order valence-corrected chi connectivity index (χ4v) is 2.48. The lowest BCUT2D eigenvalue weighted by molar-refractivity contribution is -0.115. The average molecular weight is 296 g/mol. The van der Waals surface area contributed by atoms with Crippen LogP contribution in [0.2, 0.25) is 0 Å². The van der Waals surface area contributed by atoms with Gasteiger partial charge in [-0.15, -0.1) is 0 Å². The summed E-state index contributed by atoms with van der Waals surface area (Å²) in [6, 6.07) is 14.3. The molecule has 2 aromatic carbocycles. The molecule has 0 saturated heterocycles. The molecule has 0 aliphatic carbocycles. The van der Waals surface area contributed by atoms with Gasteiger partial charge in [-0.05, 0) is 49.1 Å². The van der Waals surface area contributed by atoms with Crippen molar-refractivity contribution in [1.82, 2.24) is 0 Å². The molecule has 22 heavy (non-hydrogen) atoms. The Labute approximate surface area is 132 Å². The minimum Gasteiger partial charge on any atom is -0.385 e. The summed E-state index contributed by atoms with van der Waals surface area (Å²) < 4.78 is 0. The predicted molar refractivity (Wildman–Crippen MR) is 93.5 cm³/mol. The zero-order chi connectivity index (χ0) is 15.9. The second-order valence-electron chi connectivity index (χ2n) is 5.56. The molecule has 0 aliphatic heterocycles. The summed E-state index contributed by atoms with van der Waals surface area (Å²) in [5.74, 6) is 0.0455. The molecule has 0 bridgehead atoms. The first-order chi connectivity index (χ1) is 10.6. The summed E-state index contributed by atoms with van der Waals surface area (Å²) in [6.45, 7) is 6.81. The number of rotatable bonds is 6. The monoisotopic (exact) mass is 296 g/mol. The van der Waals surface area contributed by atoms with Crippen LogP contribution in [0.3, 0.4) is 0 Å². The summed E-state index contributed by atoms with van der Waals surface area (Å²) in [5, 5.41) is 6.33. The summed E-state index contributed by atoms with van der Waals surface area (Å²) in [6.07, 6.45) is 1.37. The van der Waals surface area contributed by atoms with Gasteiger partial charge < -0.3 is 10.6 Å². The van der Waals surface area contributed by atoms with Crippen molar-refractivity contribution in [2.24, 2.45) is 0 Å². The van der Waals surface area contributed by atoms with Crippen LogP contribution in [0.1, 0.15) is 30.0 Å². The number of para-hydroxylation sites is 1. The van der Waals surface area contributed by atoms with Crippen molar-refractivity contribution < 1.29 is 4.79 Å². The number of aryl methyl sites for hydroxylation is 3. The van der Waals surface area contributed by atoms with Crippen LogP contribution in [0.15, 0.2) is 42.5 Å². The Balaban J connectivity index is 1.89. The summed E-state index contributed by atoms with van der Waals surface area (Å²) in [4.78, 5) is 12.1. The zero-order valence-electron chi connectivity index (χ0n) is 13.6. The van der Waals surface area contributed by atoms with Crippen molar-refractivity contribution in [3.05, 3.63) is 59.2 Å². The largest absolute Gasteiger partial charge is 0.385 e. The molecule has 116 valence electrons. The molecular weight excluding hydrogens is 272 g/mol. The van der Waals surface area contributed by atoms with E-state index in [-0.39, 0.29) is 5.91 Å². The highest BCUT2D eigenvalue weighted by Crippen LogP contribution is 2.21. The fourth-order valence-electron chi connectivity index (χ4n) is 2.48. The van der Waals surface area contributed by atoms with E-state index >= 15 is 0 Å². The van der Waals surface area contributed by atoms with E-state index in [1.807, 2.05) is 31.2 Å². The molecule has 0 saturated carbocycles. The van der Waals surface area contributed by atoms with E-state index in [2.05, 4.69) is 42.7 Å². The van der Waals surface area contributed by atoms with E-state index in [1.54, 1.807) is 0 Å². The zero-order valence-corrected chi connectivity index (χ0v) is 13.6. The van der Waals surface area contributed by atoms with Gasteiger partial charge in [-0.3, -0.25) is 4.79 Å². The predicted octanol–water partition coefficient (Wildman–Crippen LogP) is 4.31. The summed E-state index contributed by atoms with van der Waals surface area (Å²) in [5.41, 5.74) is 5.52. The maximum Gasteiger partial charge on any atom is 0.226 e. The molecule has 0 aliphatic rings. The Morgan fingerprint density at radius 3 is 2.59 bits per heavy atom. The number of hydrogen-bond acceptors (Lipinski definition) is 2. The van der Waals surface area contributed by atoms with Gasteiger partial charge in [0.1, 0.15) is 0 Å². The highest BCUT2D eigenvalue weighted by molar-refractivity contribution is 5.92. The van der Waals surface area contributed by atoms with Crippen LogP contribution in [0.4, 0.5) is 11.4 Å². The molecule has 1 amide bonds. The molecule has 0 aromatic heterocycles. The maximum absolute atomic E-state index is 12.1. The number of nitrogens with one attached hydrogen (secondary N) is 2. The topological polar surface area (TPSA) is 41.1 Å². The molecule has 0 fully saturated rings. The second kappa shape index (κ2) is 7.64. The Morgan fingerprint density at radius 2 is 1.86 bits per heavy atom. The Morgan fingerprint density at radius 1 is 1.09 bits per heavy atom. The van der Waals surface area contributed by atoms with E-state index in [4.69, 9.17) is 0 Å². The third-order valence-corrected chi connectivity index (χ3v) is 3.70.